The normalized spacial score (nSPS) is 12.0. The highest BCUT2D eigenvalue weighted by atomic mass is 28.4. The first-order valence-corrected chi connectivity index (χ1v) is 17.9. The van der Waals surface area contributed by atoms with Crippen molar-refractivity contribution in [2.75, 3.05) is 6.61 Å². The lowest BCUT2D eigenvalue weighted by molar-refractivity contribution is 0.292. The minimum Gasteiger partial charge on any atom is -0.417 e. The van der Waals surface area contributed by atoms with Gasteiger partial charge in [-0.3, -0.25) is 0 Å². The summed E-state index contributed by atoms with van der Waals surface area (Å²) in [5.41, 5.74) is 0. The summed E-state index contributed by atoms with van der Waals surface area (Å²) in [6, 6.07) is 1.36. The molecule has 31 heavy (non-hydrogen) atoms. The van der Waals surface area contributed by atoms with Gasteiger partial charge in [0.05, 0.1) is 0 Å². The Labute approximate surface area is 200 Å². The van der Waals surface area contributed by atoms with E-state index in [9.17, 15) is 0 Å². The average molecular weight is 455 g/mol. The van der Waals surface area contributed by atoms with Gasteiger partial charge < -0.3 is 4.43 Å². The van der Waals surface area contributed by atoms with E-state index < -0.39 is 8.32 Å². The lowest BCUT2D eigenvalue weighted by Gasteiger charge is -2.23. The first-order chi connectivity index (χ1) is 15.1. The zero-order valence-electron chi connectivity index (χ0n) is 22.6. The van der Waals surface area contributed by atoms with Gasteiger partial charge in [0.2, 0.25) is 0 Å². The Morgan fingerprint density at radius 2 is 0.677 bits per heavy atom. The van der Waals surface area contributed by atoms with Crippen LogP contribution in [0.2, 0.25) is 19.1 Å². The van der Waals surface area contributed by atoms with Crippen LogP contribution in [0.1, 0.15) is 162 Å². The van der Waals surface area contributed by atoms with Gasteiger partial charge in [-0.25, -0.2) is 0 Å². The molecule has 0 bridgehead atoms. The molecule has 0 unspecified atom stereocenters. The average Bonchev–Trinajstić information content (AvgIpc) is 2.75. The van der Waals surface area contributed by atoms with Gasteiger partial charge in [0.25, 0.3) is 0 Å². The molecule has 1 nitrogen and oxygen atoms in total. The fourth-order valence-electron chi connectivity index (χ4n) is 4.58. The monoisotopic (exact) mass is 454 g/mol. The van der Waals surface area contributed by atoms with Crippen molar-refractivity contribution in [3.05, 3.63) is 0 Å². The summed E-state index contributed by atoms with van der Waals surface area (Å²) in [4.78, 5) is 0. The van der Waals surface area contributed by atoms with E-state index in [4.69, 9.17) is 4.43 Å². The summed E-state index contributed by atoms with van der Waals surface area (Å²) in [5.74, 6) is 0. The molecule has 0 aromatic heterocycles. The van der Waals surface area contributed by atoms with E-state index in [-0.39, 0.29) is 0 Å². The summed E-state index contributed by atoms with van der Waals surface area (Å²) in [6.07, 6.45) is 32.9. The highest BCUT2D eigenvalue weighted by Crippen LogP contribution is 2.19. The molecule has 0 aliphatic rings. The predicted molar refractivity (Wildman–Crippen MR) is 146 cm³/mol. The Bertz CT molecular complexity index is 329. The van der Waals surface area contributed by atoms with Gasteiger partial charge in [0, 0.05) is 6.61 Å². The third-order valence-electron chi connectivity index (χ3n) is 6.87. The SMILES string of the molecule is CCCCCCCCCCCCCCCO[Si](C)(C)CCCCCCCCCCCC. The summed E-state index contributed by atoms with van der Waals surface area (Å²) in [6.45, 7) is 10.5. The number of hydrogen-bond donors (Lipinski definition) is 0. The van der Waals surface area contributed by atoms with E-state index in [1.165, 1.54) is 154 Å². The molecule has 0 fully saturated rings. The summed E-state index contributed by atoms with van der Waals surface area (Å²) < 4.78 is 6.35. The molecule has 0 amide bonds. The molecule has 0 N–H and O–H groups in total. The Kier molecular flexibility index (Phi) is 25.0. The van der Waals surface area contributed by atoms with Crippen LogP contribution in [-0.2, 0) is 4.43 Å². The zero-order chi connectivity index (χ0) is 22.9. The number of hydrogen-bond acceptors (Lipinski definition) is 1. The molecule has 0 heterocycles. The lowest BCUT2D eigenvalue weighted by atomic mass is 10.0. The molecule has 0 rings (SSSR count). The molecule has 0 aromatic carbocycles. The van der Waals surface area contributed by atoms with Crippen molar-refractivity contribution < 1.29 is 4.43 Å². The fourth-order valence-corrected chi connectivity index (χ4v) is 6.52. The van der Waals surface area contributed by atoms with Crippen molar-refractivity contribution in [2.24, 2.45) is 0 Å². The van der Waals surface area contributed by atoms with Crippen LogP contribution >= 0.6 is 0 Å². The van der Waals surface area contributed by atoms with Gasteiger partial charge in [-0.15, -0.1) is 0 Å². The Morgan fingerprint density at radius 3 is 1.03 bits per heavy atom. The second-order valence-electron chi connectivity index (χ2n) is 10.8. The summed E-state index contributed by atoms with van der Waals surface area (Å²) >= 11 is 0. The molecule has 0 atom stereocenters. The van der Waals surface area contributed by atoms with Crippen molar-refractivity contribution in [1.29, 1.82) is 0 Å². The maximum absolute atomic E-state index is 6.35. The second-order valence-corrected chi connectivity index (χ2v) is 15.1. The third kappa shape index (κ3) is 26.3. The van der Waals surface area contributed by atoms with Gasteiger partial charge in [-0.1, -0.05) is 155 Å². The molecule has 0 aliphatic carbocycles. The molecular weight excluding hydrogens is 392 g/mol. The molecule has 0 aliphatic heterocycles. The van der Waals surface area contributed by atoms with Crippen molar-refractivity contribution in [2.45, 2.75) is 181 Å². The molecule has 0 saturated carbocycles. The molecule has 0 aromatic rings. The minimum atomic E-state index is -1.40. The maximum atomic E-state index is 6.35. The smallest absolute Gasteiger partial charge is 0.186 e. The van der Waals surface area contributed by atoms with Crippen LogP contribution in [0, 0.1) is 0 Å². The van der Waals surface area contributed by atoms with E-state index in [2.05, 4.69) is 26.9 Å². The van der Waals surface area contributed by atoms with Crippen LogP contribution < -0.4 is 0 Å². The highest BCUT2D eigenvalue weighted by Gasteiger charge is 2.21. The third-order valence-corrected chi connectivity index (χ3v) is 9.42. The van der Waals surface area contributed by atoms with Gasteiger partial charge in [0.1, 0.15) is 0 Å². The second kappa shape index (κ2) is 24.8. The van der Waals surface area contributed by atoms with Crippen molar-refractivity contribution in [3.63, 3.8) is 0 Å². The largest absolute Gasteiger partial charge is 0.417 e. The standard InChI is InChI=1S/C29H62OSi/c1-5-7-9-11-13-15-17-18-19-20-22-24-26-28-30-31(3,4)29-27-25-23-21-16-14-12-10-8-6-2/h5-29H2,1-4H3. The van der Waals surface area contributed by atoms with Crippen molar-refractivity contribution in [3.8, 4) is 0 Å². The molecule has 2 heteroatoms. The first kappa shape index (κ1) is 31.2. The molecule has 0 saturated heterocycles. The summed E-state index contributed by atoms with van der Waals surface area (Å²) in [7, 11) is -1.40. The van der Waals surface area contributed by atoms with E-state index in [1.807, 2.05) is 0 Å². The molecule has 0 radical (unpaired) electrons. The maximum Gasteiger partial charge on any atom is 0.186 e. The Balaban J connectivity index is 3.28. The minimum absolute atomic E-state index is 1.02. The van der Waals surface area contributed by atoms with Gasteiger partial charge in [0.15, 0.2) is 8.32 Å². The van der Waals surface area contributed by atoms with Crippen LogP contribution in [0.3, 0.4) is 0 Å². The van der Waals surface area contributed by atoms with Gasteiger partial charge in [-0.2, -0.15) is 0 Å². The fraction of sp³-hybridized carbons (Fsp3) is 1.00. The highest BCUT2D eigenvalue weighted by molar-refractivity contribution is 6.71. The Hall–Kier alpha value is 0.177. The van der Waals surface area contributed by atoms with Crippen LogP contribution in [0.15, 0.2) is 0 Å². The molecular formula is C29H62OSi. The molecule has 0 spiro atoms. The number of unbranched alkanes of at least 4 members (excludes halogenated alkanes) is 21. The van der Waals surface area contributed by atoms with Crippen LogP contribution in [0.25, 0.3) is 0 Å². The van der Waals surface area contributed by atoms with E-state index >= 15 is 0 Å². The first-order valence-electron chi connectivity index (χ1n) is 14.8. The lowest BCUT2D eigenvalue weighted by Crippen LogP contribution is -2.30. The van der Waals surface area contributed by atoms with E-state index in [1.54, 1.807) is 0 Å². The summed E-state index contributed by atoms with van der Waals surface area (Å²) in [5, 5.41) is 0. The van der Waals surface area contributed by atoms with Crippen molar-refractivity contribution in [1.82, 2.24) is 0 Å². The number of rotatable bonds is 26. The van der Waals surface area contributed by atoms with Gasteiger partial charge >= 0.3 is 0 Å². The van der Waals surface area contributed by atoms with Crippen LogP contribution in [-0.4, -0.2) is 14.9 Å². The molecule has 188 valence electrons. The van der Waals surface area contributed by atoms with E-state index in [0.717, 1.165) is 6.61 Å². The van der Waals surface area contributed by atoms with E-state index in [0.29, 0.717) is 0 Å². The van der Waals surface area contributed by atoms with Crippen LogP contribution in [0.4, 0.5) is 0 Å². The van der Waals surface area contributed by atoms with Crippen molar-refractivity contribution >= 4 is 8.32 Å². The van der Waals surface area contributed by atoms with Gasteiger partial charge in [-0.05, 0) is 25.6 Å². The Morgan fingerprint density at radius 1 is 0.387 bits per heavy atom. The van der Waals surface area contributed by atoms with Crippen LogP contribution in [0.5, 0.6) is 0 Å². The quantitative estimate of drug-likeness (QED) is 0.0932. The zero-order valence-corrected chi connectivity index (χ0v) is 23.6. The predicted octanol–water partition coefficient (Wildman–Crippen LogP) is 11.2. The topological polar surface area (TPSA) is 9.23 Å².